The van der Waals surface area contributed by atoms with Crippen molar-refractivity contribution >= 4 is 11.3 Å². The van der Waals surface area contributed by atoms with Crippen molar-refractivity contribution in [1.29, 1.82) is 0 Å². The molecular formula is C14H24N2S. The van der Waals surface area contributed by atoms with Gasteiger partial charge in [0.15, 0.2) is 0 Å². The third kappa shape index (κ3) is 3.54. The summed E-state index contributed by atoms with van der Waals surface area (Å²) in [5.41, 5.74) is 1.78. The SMILES string of the molecule is CCc1ccsc1CN1CCCNC(C)(C)C1. The van der Waals surface area contributed by atoms with Crippen LogP contribution >= 0.6 is 11.3 Å². The fourth-order valence-electron chi connectivity index (χ4n) is 2.58. The molecule has 0 aliphatic carbocycles. The van der Waals surface area contributed by atoms with Gasteiger partial charge in [-0.2, -0.15) is 0 Å². The minimum atomic E-state index is 0.250. The highest BCUT2D eigenvalue weighted by Gasteiger charge is 2.24. The predicted molar refractivity (Wildman–Crippen MR) is 75.7 cm³/mol. The van der Waals surface area contributed by atoms with Crippen molar-refractivity contribution in [2.24, 2.45) is 0 Å². The van der Waals surface area contributed by atoms with Gasteiger partial charge in [-0.05, 0) is 56.8 Å². The molecule has 1 N–H and O–H groups in total. The molecular weight excluding hydrogens is 228 g/mol. The summed E-state index contributed by atoms with van der Waals surface area (Å²) in [6.45, 7) is 11.5. The first kappa shape index (κ1) is 13.1. The van der Waals surface area contributed by atoms with Crippen molar-refractivity contribution in [1.82, 2.24) is 10.2 Å². The maximum atomic E-state index is 3.62. The summed E-state index contributed by atoms with van der Waals surface area (Å²) in [4.78, 5) is 4.16. The lowest BCUT2D eigenvalue weighted by atomic mass is 10.1. The van der Waals surface area contributed by atoms with Crippen molar-refractivity contribution in [3.63, 3.8) is 0 Å². The predicted octanol–water partition coefficient (Wildman–Crippen LogP) is 2.88. The Morgan fingerprint density at radius 3 is 3.06 bits per heavy atom. The molecule has 1 fully saturated rings. The van der Waals surface area contributed by atoms with E-state index in [9.17, 15) is 0 Å². The molecule has 0 atom stereocenters. The van der Waals surface area contributed by atoms with Crippen LogP contribution in [0.2, 0.25) is 0 Å². The lowest BCUT2D eigenvalue weighted by molar-refractivity contribution is 0.225. The molecule has 2 nitrogen and oxygen atoms in total. The van der Waals surface area contributed by atoms with Gasteiger partial charge >= 0.3 is 0 Å². The Morgan fingerprint density at radius 2 is 2.29 bits per heavy atom. The van der Waals surface area contributed by atoms with Gasteiger partial charge in [-0.15, -0.1) is 11.3 Å². The summed E-state index contributed by atoms with van der Waals surface area (Å²) in [5, 5.41) is 5.85. The largest absolute Gasteiger partial charge is 0.310 e. The maximum absolute atomic E-state index is 3.62. The van der Waals surface area contributed by atoms with Crippen molar-refractivity contribution in [3.8, 4) is 0 Å². The van der Waals surface area contributed by atoms with E-state index in [4.69, 9.17) is 0 Å². The highest BCUT2D eigenvalue weighted by Crippen LogP contribution is 2.21. The summed E-state index contributed by atoms with van der Waals surface area (Å²) < 4.78 is 0. The van der Waals surface area contributed by atoms with Crippen LogP contribution in [-0.2, 0) is 13.0 Å². The molecule has 17 heavy (non-hydrogen) atoms. The third-order valence-corrected chi connectivity index (χ3v) is 4.41. The normalized spacial score (nSPS) is 21.4. The van der Waals surface area contributed by atoms with Gasteiger partial charge in [0.25, 0.3) is 0 Å². The fraction of sp³-hybridized carbons (Fsp3) is 0.714. The summed E-state index contributed by atoms with van der Waals surface area (Å²) >= 11 is 1.91. The van der Waals surface area contributed by atoms with E-state index >= 15 is 0 Å². The molecule has 0 aromatic carbocycles. The van der Waals surface area contributed by atoms with Gasteiger partial charge in [0.05, 0.1) is 0 Å². The number of nitrogens with one attached hydrogen (secondary N) is 1. The standard InChI is InChI=1S/C14H24N2S/c1-4-12-6-9-17-13(12)10-16-8-5-7-15-14(2,3)11-16/h6,9,15H,4-5,7-8,10-11H2,1-3H3. The number of hydrogen-bond donors (Lipinski definition) is 1. The van der Waals surface area contributed by atoms with Crippen molar-refractivity contribution in [2.45, 2.75) is 45.7 Å². The number of rotatable bonds is 3. The van der Waals surface area contributed by atoms with E-state index in [1.54, 1.807) is 4.88 Å². The summed E-state index contributed by atoms with van der Waals surface area (Å²) in [6, 6.07) is 2.28. The molecule has 0 amide bonds. The first-order valence-electron chi connectivity index (χ1n) is 6.63. The Labute approximate surface area is 109 Å². The molecule has 1 aromatic rings. The smallest absolute Gasteiger partial charge is 0.0331 e. The van der Waals surface area contributed by atoms with Crippen molar-refractivity contribution in [3.05, 3.63) is 21.9 Å². The van der Waals surface area contributed by atoms with Crippen LogP contribution in [0.4, 0.5) is 0 Å². The molecule has 0 saturated carbocycles. The van der Waals surface area contributed by atoms with E-state index in [0.717, 1.165) is 26.1 Å². The number of aryl methyl sites for hydroxylation is 1. The average molecular weight is 252 g/mol. The Morgan fingerprint density at radius 1 is 1.47 bits per heavy atom. The fourth-order valence-corrected chi connectivity index (χ4v) is 3.60. The van der Waals surface area contributed by atoms with Gasteiger partial charge in [0.2, 0.25) is 0 Å². The molecule has 2 heterocycles. The Kier molecular flexibility index (Phi) is 4.23. The third-order valence-electron chi connectivity index (χ3n) is 3.46. The molecule has 0 spiro atoms. The molecule has 1 saturated heterocycles. The Hall–Kier alpha value is -0.380. The van der Waals surface area contributed by atoms with E-state index in [0.29, 0.717) is 0 Å². The second kappa shape index (κ2) is 5.51. The van der Waals surface area contributed by atoms with Gasteiger partial charge in [-0.25, -0.2) is 0 Å². The van der Waals surface area contributed by atoms with E-state index in [2.05, 4.69) is 42.4 Å². The van der Waals surface area contributed by atoms with Crippen LogP contribution in [0.25, 0.3) is 0 Å². The number of thiophene rings is 1. The molecule has 1 aliphatic heterocycles. The van der Waals surface area contributed by atoms with Gasteiger partial charge in [-0.1, -0.05) is 6.92 Å². The maximum Gasteiger partial charge on any atom is 0.0331 e. The molecule has 3 heteroatoms. The van der Waals surface area contributed by atoms with E-state index < -0.39 is 0 Å². The zero-order valence-corrected chi connectivity index (χ0v) is 12.1. The van der Waals surface area contributed by atoms with Crippen LogP contribution in [0.5, 0.6) is 0 Å². The minimum absolute atomic E-state index is 0.250. The van der Waals surface area contributed by atoms with Gasteiger partial charge in [-0.3, -0.25) is 4.90 Å². The van der Waals surface area contributed by atoms with Crippen LogP contribution in [0.3, 0.4) is 0 Å². The molecule has 0 unspecified atom stereocenters. The molecule has 0 radical (unpaired) electrons. The quantitative estimate of drug-likeness (QED) is 0.890. The first-order chi connectivity index (χ1) is 8.11. The monoisotopic (exact) mass is 252 g/mol. The topological polar surface area (TPSA) is 15.3 Å². The second-order valence-corrected chi connectivity index (χ2v) is 6.60. The molecule has 2 rings (SSSR count). The minimum Gasteiger partial charge on any atom is -0.310 e. The van der Waals surface area contributed by atoms with E-state index in [-0.39, 0.29) is 5.54 Å². The molecule has 0 bridgehead atoms. The summed E-state index contributed by atoms with van der Waals surface area (Å²) in [6.07, 6.45) is 2.42. The van der Waals surface area contributed by atoms with Crippen LogP contribution in [0, 0.1) is 0 Å². The lowest BCUT2D eigenvalue weighted by Crippen LogP contribution is -2.46. The number of hydrogen-bond acceptors (Lipinski definition) is 3. The average Bonchev–Trinajstić information content (AvgIpc) is 2.63. The Balaban J connectivity index is 2.02. The number of nitrogens with zero attached hydrogens (tertiary/aromatic N) is 1. The van der Waals surface area contributed by atoms with Crippen molar-refractivity contribution < 1.29 is 0 Å². The zero-order chi connectivity index (χ0) is 12.3. The highest BCUT2D eigenvalue weighted by molar-refractivity contribution is 7.10. The van der Waals surface area contributed by atoms with Gasteiger partial charge in [0, 0.05) is 23.5 Å². The molecule has 1 aliphatic rings. The van der Waals surface area contributed by atoms with E-state index in [1.807, 2.05) is 11.3 Å². The zero-order valence-electron chi connectivity index (χ0n) is 11.3. The van der Waals surface area contributed by atoms with Crippen LogP contribution in [0.15, 0.2) is 11.4 Å². The van der Waals surface area contributed by atoms with Crippen LogP contribution in [-0.4, -0.2) is 30.1 Å². The molecule has 1 aromatic heterocycles. The highest BCUT2D eigenvalue weighted by atomic mass is 32.1. The van der Waals surface area contributed by atoms with Crippen molar-refractivity contribution in [2.75, 3.05) is 19.6 Å². The van der Waals surface area contributed by atoms with Gasteiger partial charge < -0.3 is 5.32 Å². The van der Waals surface area contributed by atoms with Crippen LogP contribution in [0.1, 0.15) is 37.6 Å². The summed E-state index contributed by atoms with van der Waals surface area (Å²) in [7, 11) is 0. The second-order valence-electron chi connectivity index (χ2n) is 5.60. The Bertz CT molecular complexity index is 357. The van der Waals surface area contributed by atoms with E-state index in [1.165, 1.54) is 18.5 Å². The van der Waals surface area contributed by atoms with Gasteiger partial charge in [0.1, 0.15) is 0 Å². The van der Waals surface area contributed by atoms with Crippen LogP contribution < -0.4 is 5.32 Å². The lowest BCUT2D eigenvalue weighted by Gasteiger charge is -2.29. The first-order valence-corrected chi connectivity index (χ1v) is 7.51. The summed E-state index contributed by atoms with van der Waals surface area (Å²) in [5.74, 6) is 0. The molecule has 96 valence electrons.